The van der Waals surface area contributed by atoms with E-state index in [2.05, 4.69) is 15.3 Å². The highest BCUT2D eigenvalue weighted by molar-refractivity contribution is 7.51. The first kappa shape index (κ1) is 25.3. The summed E-state index contributed by atoms with van der Waals surface area (Å²) in [6.07, 6.45) is -0.328. The van der Waals surface area contributed by atoms with Crippen LogP contribution >= 0.6 is 7.60 Å². The van der Waals surface area contributed by atoms with Gasteiger partial charge in [-0.05, 0) is 25.8 Å². The maximum atomic E-state index is 11.0. The number of hydrogen-bond donors (Lipinski definition) is 6. The molecule has 1 aliphatic carbocycles. The third-order valence-electron chi connectivity index (χ3n) is 5.85. The summed E-state index contributed by atoms with van der Waals surface area (Å²) in [4.78, 5) is 26.8. The molecule has 0 bridgehead atoms. The Balaban J connectivity index is 1.60. The number of nitrogens with one attached hydrogen (secondary N) is 1. The van der Waals surface area contributed by atoms with Crippen molar-refractivity contribution in [1.29, 1.82) is 0 Å². The van der Waals surface area contributed by atoms with Gasteiger partial charge in [0.15, 0.2) is 11.9 Å². The molecule has 0 aromatic carbocycles. The van der Waals surface area contributed by atoms with Gasteiger partial charge in [0.1, 0.15) is 37.1 Å². The highest BCUT2D eigenvalue weighted by Crippen LogP contribution is 2.37. The van der Waals surface area contributed by atoms with Crippen molar-refractivity contribution in [3.05, 3.63) is 12.3 Å². The average molecular weight is 502 g/mol. The second-order valence-corrected chi connectivity index (χ2v) is 10.4. The van der Waals surface area contributed by atoms with Crippen LogP contribution in [0, 0.1) is 0 Å². The van der Waals surface area contributed by atoms with Gasteiger partial charge >= 0.3 is 13.6 Å². The van der Waals surface area contributed by atoms with E-state index in [-0.39, 0.29) is 25.3 Å². The minimum atomic E-state index is -4.37. The van der Waals surface area contributed by atoms with Crippen molar-refractivity contribution in [2.24, 2.45) is 0 Å². The molecule has 2 aromatic heterocycles. The zero-order valence-corrected chi connectivity index (χ0v) is 19.6. The summed E-state index contributed by atoms with van der Waals surface area (Å²) in [5.41, 5.74) is 0.393. The summed E-state index contributed by atoms with van der Waals surface area (Å²) in [6, 6.07) is 2.07. The molecule has 0 radical (unpaired) electrons. The van der Waals surface area contributed by atoms with Gasteiger partial charge in [-0.15, -0.1) is 0 Å². The first-order chi connectivity index (χ1) is 16.1. The summed E-state index contributed by atoms with van der Waals surface area (Å²) < 4.78 is 28.9. The van der Waals surface area contributed by atoms with Crippen LogP contribution < -0.4 is 10.1 Å². The number of anilines is 1. The summed E-state index contributed by atoms with van der Waals surface area (Å²) in [5, 5.41) is 34.7. The predicted octanol–water partition coefficient (Wildman–Crippen LogP) is 0.316. The molecule has 13 nitrogen and oxygen atoms in total. The molecule has 0 spiro atoms. The van der Waals surface area contributed by atoms with Crippen molar-refractivity contribution in [3.63, 3.8) is 0 Å². The second-order valence-electron chi connectivity index (χ2n) is 8.81. The molecular formula is C20H31N4O9P. The van der Waals surface area contributed by atoms with E-state index in [0.717, 1.165) is 25.7 Å². The number of hydrogen-bond acceptors (Lipinski definition) is 10. The maximum absolute atomic E-state index is 11.0. The van der Waals surface area contributed by atoms with E-state index in [0.29, 0.717) is 16.9 Å². The lowest BCUT2D eigenvalue weighted by Crippen LogP contribution is -2.33. The number of aliphatic hydroxyl groups is 3. The topological polar surface area (TPSA) is 189 Å². The van der Waals surface area contributed by atoms with Crippen molar-refractivity contribution in [1.82, 2.24) is 14.5 Å². The highest BCUT2D eigenvalue weighted by Gasteiger charge is 2.44. The molecule has 6 N–H and O–H groups in total. The largest absolute Gasteiger partial charge is 0.461 e. The lowest BCUT2D eigenvalue weighted by Gasteiger charge is -2.19. The number of ether oxygens (including phenoxy) is 3. The van der Waals surface area contributed by atoms with Crippen LogP contribution in [-0.4, -0.2) is 89.7 Å². The average Bonchev–Trinajstić information content (AvgIpc) is 3.48. The molecule has 2 aliphatic rings. The van der Waals surface area contributed by atoms with E-state index in [9.17, 15) is 19.9 Å². The van der Waals surface area contributed by atoms with Gasteiger partial charge in [-0.2, -0.15) is 9.97 Å². The molecule has 1 saturated heterocycles. The summed E-state index contributed by atoms with van der Waals surface area (Å²) in [5.74, 6) is 0.561. The normalized spacial score (nSPS) is 26.9. The standard InChI is InChI=1S/C20H31N4O9P/c1-11(25)8-32-20-22-17(21-12-4-2-3-5-12)13-6-7-24(18(13)23-20)19-16(27)15(26)14(33-19)9-31-10-34(28,29)30/h6-7,11-12,14-16,19,25-27H,2-5,8-10H2,1H3,(H,21,22,23)(H2,28,29,30)/t11?,14-,15-,16-,19-/m1/s1. The van der Waals surface area contributed by atoms with Gasteiger partial charge in [0.25, 0.3) is 0 Å². The number of nitrogens with zero attached hydrogens (tertiary/aromatic N) is 3. The van der Waals surface area contributed by atoms with Crippen molar-refractivity contribution in [2.45, 2.75) is 69.3 Å². The van der Waals surface area contributed by atoms with Crippen LogP contribution in [0.15, 0.2) is 12.3 Å². The molecular weight excluding hydrogens is 471 g/mol. The van der Waals surface area contributed by atoms with Crippen LogP contribution in [0.4, 0.5) is 5.82 Å². The summed E-state index contributed by atoms with van der Waals surface area (Å²) >= 11 is 0. The van der Waals surface area contributed by atoms with E-state index in [1.807, 2.05) is 0 Å². The zero-order chi connectivity index (χ0) is 24.5. The molecule has 34 heavy (non-hydrogen) atoms. The monoisotopic (exact) mass is 502 g/mol. The van der Waals surface area contributed by atoms with Crippen LogP contribution in [0.2, 0.25) is 0 Å². The van der Waals surface area contributed by atoms with Gasteiger partial charge in [0.2, 0.25) is 0 Å². The van der Waals surface area contributed by atoms with Crippen LogP contribution in [0.1, 0.15) is 38.8 Å². The van der Waals surface area contributed by atoms with Gasteiger partial charge in [-0.1, -0.05) is 12.8 Å². The Bertz CT molecular complexity index is 1020. The number of fused-ring (bicyclic) bond motifs is 1. The highest BCUT2D eigenvalue weighted by atomic mass is 31.2. The van der Waals surface area contributed by atoms with E-state index in [1.165, 1.54) is 0 Å². The van der Waals surface area contributed by atoms with Gasteiger partial charge < -0.3 is 49.2 Å². The molecule has 2 fully saturated rings. The lowest BCUT2D eigenvalue weighted by atomic mass is 10.1. The van der Waals surface area contributed by atoms with E-state index >= 15 is 0 Å². The first-order valence-corrected chi connectivity index (χ1v) is 13.0. The van der Waals surface area contributed by atoms with Crippen molar-refractivity contribution >= 4 is 24.4 Å². The molecule has 14 heteroatoms. The van der Waals surface area contributed by atoms with Gasteiger partial charge in [-0.25, -0.2) is 0 Å². The Labute approximate surface area is 195 Å². The van der Waals surface area contributed by atoms with E-state index in [4.69, 9.17) is 24.0 Å². The molecule has 1 saturated carbocycles. The minimum Gasteiger partial charge on any atom is -0.461 e. The second kappa shape index (κ2) is 10.4. The minimum absolute atomic E-state index is 0.00463. The third kappa shape index (κ3) is 5.86. The van der Waals surface area contributed by atoms with Gasteiger partial charge in [-0.3, -0.25) is 4.57 Å². The lowest BCUT2D eigenvalue weighted by molar-refractivity contribution is -0.0611. The number of rotatable bonds is 10. The Morgan fingerprint density at radius 3 is 2.68 bits per heavy atom. The summed E-state index contributed by atoms with van der Waals surface area (Å²) in [6.45, 7) is 1.26. The molecule has 1 unspecified atom stereocenters. The molecule has 3 heterocycles. The SMILES string of the molecule is CC(O)COc1nc(NC2CCCC2)c2ccn([C@@H]3O[C@H](COCP(=O)(O)O)[C@@H](O)[C@H]3O)c2n1. The fourth-order valence-corrected chi connectivity index (χ4v) is 4.58. The molecule has 5 atom stereocenters. The zero-order valence-electron chi connectivity index (χ0n) is 18.7. The number of aromatic nitrogens is 3. The van der Waals surface area contributed by atoms with Crippen molar-refractivity contribution < 1.29 is 43.9 Å². The Hall–Kier alpha value is -1.83. The quantitative estimate of drug-likeness (QED) is 0.244. The van der Waals surface area contributed by atoms with E-state index in [1.54, 1.807) is 23.8 Å². The predicted molar refractivity (Wildman–Crippen MR) is 119 cm³/mol. The molecule has 1 aliphatic heterocycles. The Morgan fingerprint density at radius 1 is 1.26 bits per heavy atom. The molecule has 4 rings (SSSR count). The summed E-state index contributed by atoms with van der Waals surface area (Å²) in [7, 11) is -4.37. The van der Waals surface area contributed by atoms with Crippen LogP contribution in [0.25, 0.3) is 11.0 Å². The fraction of sp³-hybridized carbons (Fsp3) is 0.700. The third-order valence-corrected chi connectivity index (χ3v) is 6.37. The fourth-order valence-electron chi connectivity index (χ4n) is 4.24. The van der Waals surface area contributed by atoms with Crippen LogP contribution in [0.3, 0.4) is 0 Å². The van der Waals surface area contributed by atoms with Gasteiger partial charge in [0.05, 0.1) is 18.1 Å². The van der Waals surface area contributed by atoms with Crippen molar-refractivity contribution in [3.8, 4) is 6.01 Å². The van der Waals surface area contributed by atoms with Gasteiger partial charge in [0, 0.05) is 12.2 Å². The van der Waals surface area contributed by atoms with Crippen molar-refractivity contribution in [2.75, 3.05) is 24.9 Å². The number of aliphatic hydroxyl groups excluding tert-OH is 3. The molecule has 190 valence electrons. The van der Waals surface area contributed by atoms with E-state index < -0.39 is 44.6 Å². The smallest absolute Gasteiger partial charge is 0.350 e. The van der Waals surface area contributed by atoms with Crippen LogP contribution in [0.5, 0.6) is 6.01 Å². The Morgan fingerprint density at radius 2 is 2.00 bits per heavy atom. The molecule has 0 amide bonds. The maximum Gasteiger partial charge on any atom is 0.350 e. The first-order valence-electron chi connectivity index (χ1n) is 11.2. The Kier molecular flexibility index (Phi) is 7.75. The molecule has 2 aromatic rings. The van der Waals surface area contributed by atoms with Crippen LogP contribution in [-0.2, 0) is 14.0 Å².